The molecule has 0 fully saturated rings. The highest BCUT2D eigenvalue weighted by atomic mass is 16.3. The highest BCUT2D eigenvalue weighted by Crippen LogP contribution is 2.40. The molecule has 0 aliphatic heterocycles. The molecule has 0 N–H and O–H groups in total. The molecule has 0 amide bonds. The Labute approximate surface area is 295 Å². The van der Waals surface area contributed by atoms with Crippen molar-refractivity contribution in [3.63, 3.8) is 0 Å². The Kier molecular flexibility index (Phi) is 6.78. The van der Waals surface area contributed by atoms with Gasteiger partial charge in [-0.1, -0.05) is 103 Å². The maximum atomic E-state index is 6.32. The lowest BCUT2D eigenvalue weighted by molar-refractivity contribution is 0.669. The first kappa shape index (κ1) is 29.0. The minimum atomic E-state index is 0.827. The van der Waals surface area contributed by atoms with Crippen LogP contribution in [0, 0.1) is 0 Å². The zero-order valence-electron chi connectivity index (χ0n) is 27.6. The van der Waals surface area contributed by atoms with Crippen molar-refractivity contribution in [2.45, 2.75) is 0 Å². The lowest BCUT2D eigenvalue weighted by Crippen LogP contribution is -2.11. The van der Waals surface area contributed by atoms with Crippen LogP contribution in [0.3, 0.4) is 0 Å². The molecule has 0 bridgehead atoms. The van der Waals surface area contributed by atoms with E-state index in [1.165, 1.54) is 27.4 Å². The van der Waals surface area contributed by atoms with E-state index in [2.05, 4.69) is 173 Å². The monoisotopic (exact) mass is 653 g/mol. The first-order chi connectivity index (χ1) is 25.3. The number of rotatable bonds is 6. The molecule has 0 unspecified atom stereocenters. The van der Waals surface area contributed by atoms with E-state index in [-0.39, 0.29) is 0 Å². The molecule has 10 aromatic rings. The average molecular weight is 654 g/mol. The Morgan fingerprint density at radius 1 is 0.412 bits per heavy atom. The average Bonchev–Trinajstić information content (AvgIpc) is 3.74. The molecule has 4 nitrogen and oxygen atoms in total. The van der Waals surface area contributed by atoms with Crippen molar-refractivity contribution in [2.24, 2.45) is 0 Å². The molecule has 0 aliphatic rings. The number of anilines is 3. The van der Waals surface area contributed by atoms with Crippen molar-refractivity contribution in [3.05, 3.63) is 188 Å². The summed E-state index contributed by atoms with van der Waals surface area (Å²) in [6.45, 7) is 0. The first-order valence-corrected chi connectivity index (χ1v) is 17.2. The molecule has 0 atom stereocenters. The standard InChI is InChI=1S/C47H31N3O/c1-3-11-32(12-4-1)35-22-28-47(48-31-35)49(38-25-26-41-40-16-8-10-18-45(40)51-46(41)30-38)37-23-19-33(20-24-37)34-21-27-44-42(29-34)39-15-7-9-17-43(39)50(44)36-13-5-2-6-14-36/h1-31H. The smallest absolute Gasteiger partial charge is 0.137 e. The third kappa shape index (κ3) is 4.96. The fraction of sp³-hybridized carbons (Fsp3) is 0. The summed E-state index contributed by atoms with van der Waals surface area (Å²) in [4.78, 5) is 7.19. The molecule has 51 heavy (non-hydrogen) atoms. The Bertz CT molecular complexity index is 2830. The van der Waals surface area contributed by atoms with Gasteiger partial charge in [-0.2, -0.15) is 0 Å². The summed E-state index contributed by atoms with van der Waals surface area (Å²) >= 11 is 0. The molecule has 0 radical (unpaired) electrons. The van der Waals surface area contributed by atoms with Crippen LogP contribution in [0.4, 0.5) is 17.2 Å². The molecule has 0 saturated heterocycles. The molecule has 0 aliphatic carbocycles. The maximum absolute atomic E-state index is 6.32. The van der Waals surface area contributed by atoms with Crippen molar-refractivity contribution in [1.82, 2.24) is 9.55 Å². The van der Waals surface area contributed by atoms with Crippen molar-refractivity contribution < 1.29 is 4.42 Å². The molecule has 0 spiro atoms. The normalized spacial score (nSPS) is 11.5. The number of benzene rings is 7. The highest BCUT2D eigenvalue weighted by molar-refractivity contribution is 6.10. The summed E-state index contributed by atoms with van der Waals surface area (Å²) in [7, 11) is 0. The fourth-order valence-corrected chi connectivity index (χ4v) is 7.40. The van der Waals surface area contributed by atoms with E-state index in [4.69, 9.17) is 9.40 Å². The Morgan fingerprint density at radius 2 is 1.04 bits per heavy atom. The van der Waals surface area contributed by atoms with Gasteiger partial charge in [0.05, 0.1) is 16.7 Å². The third-order valence-electron chi connectivity index (χ3n) is 9.85. The van der Waals surface area contributed by atoms with Crippen LogP contribution >= 0.6 is 0 Å². The van der Waals surface area contributed by atoms with Crippen LogP contribution in [-0.2, 0) is 0 Å². The number of para-hydroxylation sites is 3. The molecule has 3 aromatic heterocycles. The summed E-state index contributed by atoms with van der Waals surface area (Å²) in [6.07, 6.45) is 1.95. The van der Waals surface area contributed by atoms with Crippen molar-refractivity contribution in [1.29, 1.82) is 0 Å². The number of hydrogen-bond acceptors (Lipinski definition) is 3. The van der Waals surface area contributed by atoms with E-state index in [1.807, 2.05) is 24.4 Å². The first-order valence-electron chi connectivity index (χ1n) is 17.2. The van der Waals surface area contributed by atoms with Gasteiger partial charge >= 0.3 is 0 Å². The number of aromatic nitrogens is 2. The van der Waals surface area contributed by atoms with Crippen LogP contribution in [0.15, 0.2) is 193 Å². The lowest BCUT2D eigenvalue weighted by Gasteiger charge is -2.24. The number of fused-ring (bicyclic) bond motifs is 6. The Morgan fingerprint density at radius 3 is 1.84 bits per heavy atom. The van der Waals surface area contributed by atoms with E-state index in [1.54, 1.807) is 0 Å². The van der Waals surface area contributed by atoms with Crippen LogP contribution in [0.5, 0.6) is 0 Å². The highest BCUT2D eigenvalue weighted by Gasteiger charge is 2.18. The summed E-state index contributed by atoms with van der Waals surface area (Å²) in [5.41, 5.74) is 11.8. The van der Waals surface area contributed by atoms with Crippen molar-refractivity contribution >= 4 is 60.9 Å². The number of pyridine rings is 1. The van der Waals surface area contributed by atoms with Crippen LogP contribution < -0.4 is 4.90 Å². The summed E-state index contributed by atoms with van der Waals surface area (Å²) in [5.74, 6) is 0.827. The molecule has 4 heteroatoms. The van der Waals surface area contributed by atoms with Gasteiger partial charge in [0, 0.05) is 50.7 Å². The zero-order valence-corrected chi connectivity index (χ0v) is 27.6. The van der Waals surface area contributed by atoms with Gasteiger partial charge in [0.25, 0.3) is 0 Å². The predicted octanol–water partition coefficient (Wildman–Crippen LogP) is 12.9. The summed E-state index contributed by atoms with van der Waals surface area (Å²) in [5, 5.41) is 4.69. The van der Waals surface area contributed by atoms with Gasteiger partial charge in [0.2, 0.25) is 0 Å². The van der Waals surface area contributed by atoms with Gasteiger partial charge in [0.15, 0.2) is 0 Å². The molecular formula is C47H31N3O. The maximum Gasteiger partial charge on any atom is 0.137 e. The second kappa shape index (κ2) is 11.9. The largest absolute Gasteiger partial charge is 0.456 e. The zero-order chi connectivity index (χ0) is 33.7. The predicted molar refractivity (Wildman–Crippen MR) is 211 cm³/mol. The van der Waals surface area contributed by atoms with E-state index in [0.717, 1.165) is 61.5 Å². The van der Waals surface area contributed by atoms with E-state index in [9.17, 15) is 0 Å². The quantitative estimate of drug-likeness (QED) is 0.179. The van der Waals surface area contributed by atoms with Crippen LogP contribution in [0.1, 0.15) is 0 Å². The van der Waals surface area contributed by atoms with Crippen molar-refractivity contribution in [2.75, 3.05) is 4.90 Å². The Hall–Kier alpha value is -6.91. The molecule has 10 rings (SSSR count). The third-order valence-corrected chi connectivity index (χ3v) is 9.85. The SMILES string of the molecule is c1ccc(-c2ccc(N(c3ccc(-c4ccc5c(c4)c4ccccc4n5-c4ccccc4)cc3)c3ccc4c(c3)oc3ccccc34)nc2)cc1. The topological polar surface area (TPSA) is 34.2 Å². The molecule has 240 valence electrons. The van der Waals surface area contributed by atoms with Gasteiger partial charge in [-0.15, -0.1) is 0 Å². The minimum Gasteiger partial charge on any atom is -0.456 e. The number of furan rings is 1. The second-order valence-corrected chi connectivity index (χ2v) is 12.9. The summed E-state index contributed by atoms with van der Waals surface area (Å²) < 4.78 is 8.67. The van der Waals surface area contributed by atoms with Crippen LogP contribution in [0.2, 0.25) is 0 Å². The molecule has 7 aromatic carbocycles. The Balaban J connectivity index is 1.07. The van der Waals surface area contributed by atoms with Gasteiger partial charge < -0.3 is 8.98 Å². The number of nitrogens with zero attached hydrogens (tertiary/aromatic N) is 3. The van der Waals surface area contributed by atoms with Crippen LogP contribution in [0.25, 0.3) is 71.7 Å². The van der Waals surface area contributed by atoms with Crippen LogP contribution in [-0.4, -0.2) is 9.55 Å². The van der Waals surface area contributed by atoms with E-state index >= 15 is 0 Å². The summed E-state index contributed by atoms with van der Waals surface area (Å²) in [6, 6.07) is 64.0. The van der Waals surface area contributed by atoms with Gasteiger partial charge in [0.1, 0.15) is 17.0 Å². The number of hydrogen-bond donors (Lipinski definition) is 0. The van der Waals surface area contributed by atoms with E-state index < -0.39 is 0 Å². The van der Waals surface area contributed by atoms with Crippen molar-refractivity contribution in [3.8, 4) is 27.9 Å². The minimum absolute atomic E-state index is 0.827. The van der Waals surface area contributed by atoms with Gasteiger partial charge in [-0.25, -0.2) is 4.98 Å². The van der Waals surface area contributed by atoms with Gasteiger partial charge in [-0.3, -0.25) is 4.90 Å². The van der Waals surface area contributed by atoms with Gasteiger partial charge in [-0.05, 0) is 89.5 Å². The lowest BCUT2D eigenvalue weighted by atomic mass is 10.0. The second-order valence-electron chi connectivity index (χ2n) is 12.9. The molecule has 0 saturated carbocycles. The fourth-order valence-electron chi connectivity index (χ4n) is 7.40. The van der Waals surface area contributed by atoms with E-state index in [0.29, 0.717) is 0 Å². The molecule has 3 heterocycles. The molecular weight excluding hydrogens is 623 g/mol.